The van der Waals surface area contributed by atoms with Gasteiger partial charge in [-0.3, -0.25) is 14.5 Å². The third-order valence-electron chi connectivity index (χ3n) is 4.01. The van der Waals surface area contributed by atoms with Crippen molar-refractivity contribution < 1.29 is 9.59 Å². The van der Waals surface area contributed by atoms with Gasteiger partial charge >= 0.3 is 0 Å². The molecule has 1 fully saturated rings. The smallest absolute Gasteiger partial charge is 0.293 e. The predicted octanol–water partition coefficient (Wildman–Crippen LogP) is 4.75. The van der Waals surface area contributed by atoms with E-state index in [1.807, 2.05) is 32.9 Å². The Morgan fingerprint density at radius 3 is 2.58 bits per heavy atom. The molecule has 2 heterocycles. The zero-order valence-corrected chi connectivity index (χ0v) is 16.6. The van der Waals surface area contributed by atoms with Gasteiger partial charge < -0.3 is 4.57 Å². The van der Waals surface area contributed by atoms with Crippen molar-refractivity contribution in [3.05, 3.63) is 55.8 Å². The van der Waals surface area contributed by atoms with Crippen molar-refractivity contribution in [1.82, 2.24) is 9.47 Å². The van der Waals surface area contributed by atoms with Crippen LogP contribution < -0.4 is 0 Å². The van der Waals surface area contributed by atoms with Gasteiger partial charge in [0, 0.05) is 27.2 Å². The van der Waals surface area contributed by atoms with Crippen LogP contribution in [0.5, 0.6) is 0 Å². The highest BCUT2D eigenvalue weighted by Gasteiger charge is 2.33. The minimum absolute atomic E-state index is 0.194. The molecule has 0 bridgehead atoms. The first-order valence-electron chi connectivity index (χ1n) is 7.62. The van der Waals surface area contributed by atoms with Gasteiger partial charge in [0.05, 0.1) is 4.91 Å². The molecule has 0 atom stereocenters. The molecule has 2 aromatic rings. The van der Waals surface area contributed by atoms with E-state index in [2.05, 4.69) is 51.4 Å². The zero-order valence-electron chi connectivity index (χ0n) is 13.7. The second-order valence-corrected chi connectivity index (χ2v) is 7.81. The molecule has 0 N–H and O–H groups in total. The molecule has 1 aromatic carbocycles. The molecule has 1 aliphatic heterocycles. The topological polar surface area (TPSA) is 42.3 Å². The predicted molar refractivity (Wildman–Crippen MR) is 106 cm³/mol. The normalized spacial score (nSPS) is 16.5. The van der Waals surface area contributed by atoms with Crippen molar-refractivity contribution in [3.8, 4) is 5.69 Å². The average molecular weight is 452 g/mol. The van der Waals surface area contributed by atoms with E-state index in [1.165, 1.54) is 8.47 Å². The van der Waals surface area contributed by atoms with Crippen molar-refractivity contribution in [3.63, 3.8) is 0 Å². The number of aryl methyl sites for hydroxylation is 1. The molecule has 0 unspecified atom stereocenters. The highest BCUT2D eigenvalue weighted by Crippen LogP contribution is 2.33. The third-order valence-corrected chi connectivity index (χ3v) is 5.59. The van der Waals surface area contributed by atoms with Gasteiger partial charge in [0.25, 0.3) is 11.1 Å². The molecular formula is C18H17IN2O2S. The summed E-state index contributed by atoms with van der Waals surface area (Å²) in [6, 6.07) is 10.3. The summed E-state index contributed by atoms with van der Waals surface area (Å²) in [7, 11) is 0. The Hall–Kier alpha value is -1.54. The Morgan fingerprint density at radius 2 is 1.96 bits per heavy atom. The SMILES string of the molecule is CCN1C(=O)S/C(=C/c2cc(C)n(-c3cccc(I)c3)c2C)C1=O. The highest BCUT2D eigenvalue weighted by molar-refractivity contribution is 14.1. The van der Waals surface area contributed by atoms with E-state index in [0.29, 0.717) is 11.4 Å². The average Bonchev–Trinajstić information content (AvgIpc) is 2.95. The zero-order chi connectivity index (χ0) is 17.4. The van der Waals surface area contributed by atoms with Crippen molar-refractivity contribution in [2.45, 2.75) is 20.8 Å². The van der Waals surface area contributed by atoms with E-state index >= 15 is 0 Å². The summed E-state index contributed by atoms with van der Waals surface area (Å²) in [6.07, 6.45) is 1.83. The number of thioether (sulfide) groups is 1. The Balaban J connectivity index is 2.03. The summed E-state index contributed by atoms with van der Waals surface area (Å²) in [5, 5.41) is -0.194. The highest BCUT2D eigenvalue weighted by atomic mass is 127. The largest absolute Gasteiger partial charge is 0.318 e. The van der Waals surface area contributed by atoms with E-state index < -0.39 is 0 Å². The van der Waals surface area contributed by atoms with Gasteiger partial charge in [-0.15, -0.1) is 0 Å². The Bertz CT molecular complexity index is 870. The number of carbonyl (C=O) groups excluding carboxylic acids is 2. The maximum atomic E-state index is 12.3. The number of benzene rings is 1. The fourth-order valence-electron chi connectivity index (χ4n) is 2.86. The lowest BCUT2D eigenvalue weighted by Crippen LogP contribution is -2.27. The van der Waals surface area contributed by atoms with E-state index in [0.717, 1.165) is 34.4 Å². The van der Waals surface area contributed by atoms with Crippen molar-refractivity contribution in [2.24, 2.45) is 0 Å². The van der Waals surface area contributed by atoms with Gasteiger partial charge in [-0.1, -0.05) is 6.07 Å². The van der Waals surface area contributed by atoms with Crippen LogP contribution in [0, 0.1) is 17.4 Å². The number of hydrogen-bond donors (Lipinski definition) is 0. The van der Waals surface area contributed by atoms with Crippen molar-refractivity contribution >= 4 is 51.6 Å². The number of rotatable bonds is 3. The van der Waals surface area contributed by atoms with E-state index in [1.54, 1.807) is 0 Å². The minimum Gasteiger partial charge on any atom is -0.318 e. The molecule has 0 spiro atoms. The van der Waals surface area contributed by atoms with Crippen LogP contribution in [-0.2, 0) is 4.79 Å². The number of imide groups is 1. The quantitative estimate of drug-likeness (QED) is 0.499. The van der Waals surface area contributed by atoms with Crippen molar-refractivity contribution in [1.29, 1.82) is 0 Å². The molecule has 24 heavy (non-hydrogen) atoms. The summed E-state index contributed by atoms with van der Waals surface area (Å²) < 4.78 is 3.33. The first-order chi connectivity index (χ1) is 11.4. The van der Waals surface area contributed by atoms with Crippen molar-refractivity contribution in [2.75, 3.05) is 6.54 Å². The standard InChI is InChI=1S/C18H17IN2O2S/c1-4-20-17(22)16(24-18(20)23)9-13-8-11(2)21(12(13)3)15-7-5-6-14(19)10-15/h5-10H,4H2,1-3H3/b16-9+. The monoisotopic (exact) mass is 452 g/mol. The molecular weight excluding hydrogens is 435 g/mol. The number of carbonyl (C=O) groups is 2. The van der Waals surface area contributed by atoms with Crippen LogP contribution in [0.25, 0.3) is 11.8 Å². The second kappa shape index (κ2) is 6.76. The second-order valence-electron chi connectivity index (χ2n) is 5.57. The van der Waals surface area contributed by atoms with E-state index in [9.17, 15) is 9.59 Å². The molecule has 0 saturated carbocycles. The number of halogens is 1. The van der Waals surface area contributed by atoms with Gasteiger partial charge in [0.1, 0.15) is 0 Å². The lowest BCUT2D eigenvalue weighted by molar-refractivity contribution is -0.122. The van der Waals surface area contributed by atoms with Crippen LogP contribution in [-0.4, -0.2) is 27.2 Å². The minimum atomic E-state index is -0.202. The lowest BCUT2D eigenvalue weighted by Gasteiger charge is -2.10. The Kier molecular flexibility index (Phi) is 4.87. The first kappa shape index (κ1) is 17.3. The maximum Gasteiger partial charge on any atom is 0.293 e. The third kappa shape index (κ3) is 3.04. The Labute approximate surface area is 159 Å². The number of nitrogens with zero attached hydrogens (tertiary/aromatic N) is 2. The summed E-state index contributed by atoms with van der Waals surface area (Å²) in [5.41, 5.74) is 4.21. The van der Waals surface area contributed by atoms with Crippen LogP contribution >= 0.6 is 34.4 Å². The molecule has 1 aliphatic rings. The van der Waals surface area contributed by atoms with Gasteiger partial charge in [-0.2, -0.15) is 0 Å². The van der Waals surface area contributed by atoms with Crippen LogP contribution in [0.3, 0.4) is 0 Å². The molecule has 0 aliphatic carbocycles. The number of amides is 2. The number of hydrogen-bond acceptors (Lipinski definition) is 3. The number of aromatic nitrogens is 1. The van der Waals surface area contributed by atoms with E-state index in [-0.39, 0.29) is 11.1 Å². The summed E-state index contributed by atoms with van der Waals surface area (Å²) in [5.74, 6) is -0.202. The van der Waals surface area contributed by atoms with Gasteiger partial charge in [-0.05, 0) is 91.0 Å². The van der Waals surface area contributed by atoms with Gasteiger partial charge in [0.15, 0.2) is 0 Å². The van der Waals surface area contributed by atoms with Crippen LogP contribution in [0.1, 0.15) is 23.9 Å². The summed E-state index contributed by atoms with van der Waals surface area (Å²) in [4.78, 5) is 25.9. The molecule has 3 rings (SSSR count). The molecule has 4 nitrogen and oxygen atoms in total. The van der Waals surface area contributed by atoms with Gasteiger partial charge in [0.2, 0.25) is 0 Å². The molecule has 1 aromatic heterocycles. The number of likely N-dealkylation sites (N-methyl/N-ethyl adjacent to an activating group) is 1. The maximum absolute atomic E-state index is 12.3. The fourth-order valence-corrected chi connectivity index (χ4v) is 4.28. The lowest BCUT2D eigenvalue weighted by atomic mass is 10.2. The molecule has 2 amide bonds. The first-order valence-corrected chi connectivity index (χ1v) is 9.52. The van der Waals surface area contributed by atoms with Gasteiger partial charge in [-0.25, -0.2) is 0 Å². The van der Waals surface area contributed by atoms with Crippen LogP contribution in [0.2, 0.25) is 0 Å². The molecule has 124 valence electrons. The Morgan fingerprint density at radius 1 is 1.21 bits per heavy atom. The van der Waals surface area contributed by atoms with Crippen LogP contribution in [0.15, 0.2) is 35.2 Å². The summed E-state index contributed by atoms with van der Waals surface area (Å²) in [6.45, 7) is 6.29. The molecule has 0 radical (unpaired) electrons. The fraction of sp³-hybridized carbons (Fsp3) is 0.222. The molecule has 6 heteroatoms. The van der Waals surface area contributed by atoms with Crippen LogP contribution in [0.4, 0.5) is 4.79 Å². The summed E-state index contributed by atoms with van der Waals surface area (Å²) >= 11 is 3.31. The molecule has 1 saturated heterocycles. The van der Waals surface area contributed by atoms with E-state index in [4.69, 9.17) is 0 Å².